The number of aromatic nitrogens is 5. The number of rotatable bonds is 5. The van der Waals surface area contributed by atoms with Gasteiger partial charge in [0.25, 0.3) is 0 Å². The van der Waals surface area contributed by atoms with Crippen molar-refractivity contribution in [3.63, 3.8) is 0 Å². The molecule has 4 N–H and O–H groups in total. The van der Waals surface area contributed by atoms with E-state index in [1.807, 2.05) is 27.7 Å². The number of nitrogens with one attached hydrogen (secondary N) is 2. The second-order valence-corrected chi connectivity index (χ2v) is 5.86. The van der Waals surface area contributed by atoms with Gasteiger partial charge in [-0.2, -0.15) is 15.0 Å². The predicted octanol–water partition coefficient (Wildman–Crippen LogP) is 1.61. The molecule has 9 heteroatoms. The highest BCUT2D eigenvalue weighted by Gasteiger charge is 2.13. The molecule has 0 aromatic carbocycles. The fourth-order valence-corrected chi connectivity index (χ4v) is 1.99. The first kappa shape index (κ1) is 14.4. The molecule has 20 heavy (non-hydrogen) atoms. The standard InChI is InChI=1S/C11H18N8S/c1-5(2)13-10-15-7(8-18-19-9(12)20-8)16-11(17-10)14-6(3)4/h5-6H,1-4H3,(H2,12,19)(H2,13,14,15,16,17). The Kier molecular flexibility index (Phi) is 4.28. The van der Waals surface area contributed by atoms with E-state index in [9.17, 15) is 0 Å². The molecule has 0 amide bonds. The van der Waals surface area contributed by atoms with Gasteiger partial charge in [0.1, 0.15) is 0 Å². The van der Waals surface area contributed by atoms with Crippen molar-refractivity contribution in [2.45, 2.75) is 39.8 Å². The van der Waals surface area contributed by atoms with Gasteiger partial charge in [0, 0.05) is 12.1 Å². The van der Waals surface area contributed by atoms with Crippen LogP contribution in [0.25, 0.3) is 10.8 Å². The maximum Gasteiger partial charge on any atom is 0.228 e. The first-order valence-corrected chi connectivity index (χ1v) is 7.14. The molecule has 2 heterocycles. The van der Waals surface area contributed by atoms with Gasteiger partial charge in [0.15, 0.2) is 10.8 Å². The van der Waals surface area contributed by atoms with Crippen molar-refractivity contribution in [3.8, 4) is 10.8 Å². The Morgan fingerprint density at radius 1 is 0.900 bits per heavy atom. The third kappa shape index (κ3) is 3.73. The van der Waals surface area contributed by atoms with E-state index in [2.05, 4.69) is 35.8 Å². The molecule has 0 atom stereocenters. The molecule has 0 radical (unpaired) electrons. The molecular formula is C11H18N8S. The maximum absolute atomic E-state index is 5.60. The second-order valence-electron chi connectivity index (χ2n) is 4.85. The van der Waals surface area contributed by atoms with Gasteiger partial charge in [-0.15, -0.1) is 10.2 Å². The van der Waals surface area contributed by atoms with Crippen LogP contribution in [0.2, 0.25) is 0 Å². The van der Waals surface area contributed by atoms with Gasteiger partial charge in [-0.25, -0.2) is 0 Å². The highest BCUT2D eigenvalue weighted by atomic mass is 32.1. The molecule has 108 valence electrons. The van der Waals surface area contributed by atoms with Crippen molar-refractivity contribution in [2.24, 2.45) is 0 Å². The van der Waals surface area contributed by atoms with Crippen molar-refractivity contribution in [1.29, 1.82) is 0 Å². The molecule has 0 aliphatic carbocycles. The van der Waals surface area contributed by atoms with Gasteiger partial charge < -0.3 is 16.4 Å². The van der Waals surface area contributed by atoms with E-state index in [1.165, 1.54) is 11.3 Å². The van der Waals surface area contributed by atoms with Crippen LogP contribution in [-0.2, 0) is 0 Å². The van der Waals surface area contributed by atoms with Gasteiger partial charge in [-0.05, 0) is 27.7 Å². The molecule has 2 aromatic rings. The molecule has 0 aliphatic rings. The monoisotopic (exact) mass is 294 g/mol. The molecule has 0 bridgehead atoms. The topological polar surface area (TPSA) is 115 Å². The number of nitrogens with two attached hydrogens (primary N) is 1. The van der Waals surface area contributed by atoms with Crippen molar-refractivity contribution in [1.82, 2.24) is 25.1 Å². The third-order valence-electron chi connectivity index (χ3n) is 2.10. The van der Waals surface area contributed by atoms with E-state index >= 15 is 0 Å². The quantitative estimate of drug-likeness (QED) is 0.762. The molecule has 2 rings (SSSR count). The van der Waals surface area contributed by atoms with Crippen molar-refractivity contribution in [3.05, 3.63) is 0 Å². The van der Waals surface area contributed by atoms with Crippen LogP contribution in [0.15, 0.2) is 0 Å². The summed E-state index contributed by atoms with van der Waals surface area (Å²) in [6, 6.07) is 0.438. The highest BCUT2D eigenvalue weighted by molar-refractivity contribution is 7.18. The Hall–Kier alpha value is -2.03. The average Bonchev–Trinajstić information content (AvgIpc) is 2.73. The highest BCUT2D eigenvalue weighted by Crippen LogP contribution is 2.23. The summed E-state index contributed by atoms with van der Waals surface area (Å²) in [6.07, 6.45) is 0. The molecular weight excluding hydrogens is 276 g/mol. The number of hydrogen-bond acceptors (Lipinski definition) is 9. The largest absolute Gasteiger partial charge is 0.374 e. The van der Waals surface area contributed by atoms with Crippen molar-refractivity contribution < 1.29 is 0 Å². The normalized spacial score (nSPS) is 11.1. The number of nitrogens with zero attached hydrogens (tertiary/aromatic N) is 5. The first-order valence-electron chi connectivity index (χ1n) is 6.32. The Balaban J connectivity index is 2.39. The molecule has 0 fully saturated rings. The van der Waals surface area contributed by atoms with E-state index in [4.69, 9.17) is 5.73 Å². The maximum atomic E-state index is 5.60. The van der Waals surface area contributed by atoms with Crippen molar-refractivity contribution in [2.75, 3.05) is 16.4 Å². The zero-order chi connectivity index (χ0) is 14.7. The number of nitrogen functional groups attached to an aromatic ring is 1. The summed E-state index contributed by atoms with van der Waals surface area (Å²) in [5.41, 5.74) is 5.60. The first-order chi connectivity index (χ1) is 9.44. The second kappa shape index (κ2) is 5.95. The Bertz CT molecular complexity index is 551. The van der Waals surface area contributed by atoms with Crippen LogP contribution in [0, 0.1) is 0 Å². The minimum absolute atomic E-state index is 0.219. The summed E-state index contributed by atoms with van der Waals surface area (Å²) >= 11 is 1.24. The van der Waals surface area contributed by atoms with Crippen LogP contribution >= 0.6 is 11.3 Å². The lowest BCUT2D eigenvalue weighted by molar-refractivity contribution is 0.846. The average molecular weight is 294 g/mol. The van der Waals surface area contributed by atoms with Crippen LogP contribution in [0.3, 0.4) is 0 Å². The lowest BCUT2D eigenvalue weighted by Crippen LogP contribution is -2.17. The predicted molar refractivity (Wildman–Crippen MR) is 80.7 cm³/mol. The molecule has 0 saturated carbocycles. The zero-order valence-corrected chi connectivity index (χ0v) is 12.7. The van der Waals surface area contributed by atoms with Crippen LogP contribution in [0.4, 0.5) is 17.0 Å². The minimum atomic E-state index is 0.219. The summed E-state index contributed by atoms with van der Waals surface area (Å²) in [7, 11) is 0. The fourth-order valence-electron chi connectivity index (χ4n) is 1.44. The zero-order valence-electron chi connectivity index (χ0n) is 11.9. The van der Waals surface area contributed by atoms with E-state index in [-0.39, 0.29) is 12.1 Å². The SMILES string of the molecule is CC(C)Nc1nc(NC(C)C)nc(-c2nnc(N)s2)n1. The van der Waals surface area contributed by atoms with Gasteiger partial charge in [-0.3, -0.25) is 0 Å². The van der Waals surface area contributed by atoms with E-state index < -0.39 is 0 Å². The van der Waals surface area contributed by atoms with Crippen molar-refractivity contribution >= 4 is 28.4 Å². The van der Waals surface area contributed by atoms with Crippen LogP contribution in [0.1, 0.15) is 27.7 Å². The third-order valence-corrected chi connectivity index (χ3v) is 2.85. The lowest BCUT2D eigenvalue weighted by atomic mass is 10.4. The van der Waals surface area contributed by atoms with Crippen LogP contribution in [0.5, 0.6) is 0 Å². The Morgan fingerprint density at radius 2 is 1.45 bits per heavy atom. The van der Waals surface area contributed by atoms with E-state index in [0.29, 0.717) is 27.9 Å². The van der Waals surface area contributed by atoms with E-state index in [0.717, 1.165) is 0 Å². The summed E-state index contributed by atoms with van der Waals surface area (Å²) in [6.45, 7) is 8.06. The van der Waals surface area contributed by atoms with Gasteiger partial charge in [0.05, 0.1) is 0 Å². The van der Waals surface area contributed by atoms with E-state index in [1.54, 1.807) is 0 Å². The van der Waals surface area contributed by atoms with Gasteiger partial charge in [-0.1, -0.05) is 11.3 Å². The minimum Gasteiger partial charge on any atom is -0.374 e. The summed E-state index contributed by atoms with van der Waals surface area (Å²) in [4.78, 5) is 13.0. The smallest absolute Gasteiger partial charge is 0.228 e. The summed E-state index contributed by atoms with van der Waals surface area (Å²) in [5.74, 6) is 1.46. The van der Waals surface area contributed by atoms with Crippen LogP contribution < -0.4 is 16.4 Å². The van der Waals surface area contributed by atoms with Gasteiger partial charge >= 0.3 is 0 Å². The molecule has 8 nitrogen and oxygen atoms in total. The fraction of sp³-hybridized carbons (Fsp3) is 0.545. The molecule has 0 spiro atoms. The molecule has 0 aliphatic heterocycles. The number of anilines is 3. The van der Waals surface area contributed by atoms with Gasteiger partial charge in [0.2, 0.25) is 17.0 Å². The summed E-state index contributed by atoms with van der Waals surface area (Å²) < 4.78 is 0. The summed E-state index contributed by atoms with van der Waals surface area (Å²) in [5, 5.41) is 15.0. The molecule has 0 unspecified atom stereocenters. The molecule has 2 aromatic heterocycles. The lowest BCUT2D eigenvalue weighted by Gasteiger charge is -2.12. The molecule has 0 saturated heterocycles. The Morgan fingerprint density at radius 3 is 1.85 bits per heavy atom. The van der Waals surface area contributed by atoms with Crippen LogP contribution in [-0.4, -0.2) is 37.2 Å². The number of hydrogen-bond donors (Lipinski definition) is 3. The Labute approximate surface area is 121 Å².